The monoisotopic (exact) mass is 292 g/mol. The third-order valence-electron chi connectivity index (χ3n) is 2.66. The van der Waals surface area contributed by atoms with Crippen molar-refractivity contribution >= 4 is 27.6 Å². The highest BCUT2D eigenvalue weighted by atomic mass is 32.2. The Bertz CT molecular complexity index is 527. The van der Waals surface area contributed by atoms with Crippen molar-refractivity contribution in [2.45, 2.75) is 24.0 Å². The third-order valence-corrected chi connectivity index (χ3v) is 5.29. The number of nitrogens with zero attached hydrogens (tertiary/aromatic N) is 4. The van der Waals surface area contributed by atoms with Gasteiger partial charge in [-0.15, -0.1) is 5.10 Å². The number of sulfone groups is 1. The van der Waals surface area contributed by atoms with E-state index in [2.05, 4.69) is 15.5 Å². The maximum Gasteiger partial charge on any atom is 0.313 e. The smallest absolute Gasteiger partial charge is 0.313 e. The summed E-state index contributed by atoms with van der Waals surface area (Å²) in [6, 6.07) is -0.0696. The second kappa shape index (κ2) is 5.22. The van der Waals surface area contributed by atoms with Crippen LogP contribution in [0.5, 0.6) is 0 Å². The fourth-order valence-corrected chi connectivity index (χ4v) is 3.89. The standard InChI is InChI=1S/C8H12N4O4S2/c13-7(14)5-17-8-9-10-11-12(8)6-1-3-18(15,16)4-2-6/h6H,1-5H2,(H,13,14). The van der Waals surface area contributed by atoms with E-state index in [9.17, 15) is 13.2 Å². The molecule has 100 valence electrons. The first-order valence-corrected chi connectivity index (χ1v) is 8.11. The van der Waals surface area contributed by atoms with E-state index in [0.29, 0.717) is 18.0 Å². The van der Waals surface area contributed by atoms with Crippen molar-refractivity contribution in [1.82, 2.24) is 20.2 Å². The lowest BCUT2D eigenvalue weighted by Gasteiger charge is -2.22. The number of carbonyl (C=O) groups is 1. The molecule has 2 heterocycles. The van der Waals surface area contributed by atoms with Gasteiger partial charge in [-0.2, -0.15) is 0 Å². The molecule has 8 nitrogen and oxygen atoms in total. The van der Waals surface area contributed by atoms with E-state index in [4.69, 9.17) is 5.11 Å². The number of thioether (sulfide) groups is 1. The lowest BCUT2D eigenvalue weighted by atomic mass is 10.2. The van der Waals surface area contributed by atoms with Gasteiger partial charge in [0.1, 0.15) is 9.84 Å². The largest absolute Gasteiger partial charge is 0.481 e. The van der Waals surface area contributed by atoms with Crippen molar-refractivity contribution in [1.29, 1.82) is 0 Å². The van der Waals surface area contributed by atoms with E-state index in [1.54, 1.807) is 0 Å². The summed E-state index contributed by atoms with van der Waals surface area (Å²) in [5.41, 5.74) is 0. The molecule has 1 aromatic heterocycles. The number of hydrogen-bond acceptors (Lipinski definition) is 7. The molecule has 1 aliphatic rings. The second-order valence-corrected chi connectivity index (χ2v) is 7.22. The van der Waals surface area contributed by atoms with Gasteiger partial charge in [0.05, 0.1) is 23.3 Å². The summed E-state index contributed by atoms with van der Waals surface area (Å²) < 4.78 is 24.2. The quantitative estimate of drug-likeness (QED) is 0.745. The van der Waals surface area contributed by atoms with Crippen molar-refractivity contribution in [3.05, 3.63) is 0 Å². The highest BCUT2D eigenvalue weighted by Gasteiger charge is 2.27. The molecule has 1 saturated heterocycles. The third kappa shape index (κ3) is 3.19. The number of hydrogen-bond donors (Lipinski definition) is 1. The lowest BCUT2D eigenvalue weighted by Crippen LogP contribution is -2.26. The van der Waals surface area contributed by atoms with Crippen LogP contribution in [0, 0.1) is 0 Å². The van der Waals surface area contributed by atoms with Crippen LogP contribution in [-0.4, -0.2) is 57.0 Å². The van der Waals surface area contributed by atoms with Crippen LogP contribution in [0.1, 0.15) is 18.9 Å². The molecular formula is C8H12N4O4S2. The average molecular weight is 292 g/mol. The minimum absolute atomic E-state index is 0.0696. The summed E-state index contributed by atoms with van der Waals surface area (Å²) in [7, 11) is -2.93. The predicted molar refractivity (Wildman–Crippen MR) is 63.1 cm³/mol. The van der Waals surface area contributed by atoms with Crippen LogP contribution in [0.3, 0.4) is 0 Å². The molecule has 1 aromatic rings. The van der Waals surface area contributed by atoms with Crippen LogP contribution in [0.25, 0.3) is 0 Å². The molecule has 0 amide bonds. The lowest BCUT2D eigenvalue weighted by molar-refractivity contribution is -0.133. The van der Waals surface area contributed by atoms with E-state index in [-0.39, 0.29) is 23.3 Å². The fraction of sp³-hybridized carbons (Fsp3) is 0.750. The van der Waals surface area contributed by atoms with Gasteiger partial charge < -0.3 is 5.11 Å². The number of tetrazole rings is 1. The molecule has 1 N–H and O–H groups in total. The SMILES string of the molecule is O=C(O)CSc1nnnn1C1CCS(=O)(=O)CC1. The summed E-state index contributed by atoms with van der Waals surface area (Å²) in [4.78, 5) is 10.5. The molecule has 2 rings (SSSR count). The molecular weight excluding hydrogens is 280 g/mol. The molecule has 0 atom stereocenters. The van der Waals surface area contributed by atoms with Gasteiger partial charge in [0.15, 0.2) is 0 Å². The van der Waals surface area contributed by atoms with Gasteiger partial charge in [-0.05, 0) is 23.3 Å². The Morgan fingerprint density at radius 1 is 1.44 bits per heavy atom. The Morgan fingerprint density at radius 3 is 2.72 bits per heavy atom. The zero-order valence-corrected chi connectivity index (χ0v) is 11.0. The van der Waals surface area contributed by atoms with Gasteiger partial charge in [0, 0.05) is 0 Å². The molecule has 0 saturated carbocycles. The molecule has 0 aliphatic carbocycles. The van der Waals surface area contributed by atoms with Crippen molar-refractivity contribution in [3.63, 3.8) is 0 Å². The van der Waals surface area contributed by atoms with Gasteiger partial charge in [-0.1, -0.05) is 11.8 Å². The molecule has 18 heavy (non-hydrogen) atoms. The Hall–Kier alpha value is -1.16. The number of aliphatic carboxylic acids is 1. The first-order chi connectivity index (χ1) is 8.48. The first-order valence-electron chi connectivity index (χ1n) is 5.31. The molecule has 1 aliphatic heterocycles. The second-order valence-electron chi connectivity index (χ2n) is 3.97. The Morgan fingerprint density at radius 2 is 2.11 bits per heavy atom. The van der Waals surface area contributed by atoms with Gasteiger partial charge in [0.2, 0.25) is 5.16 Å². The highest BCUT2D eigenvalue weighted by molar-refractivity contribution is 7.99. The summed E-state index contributed by atoms with van der Waals surface area (Å²) in [6.45, 7) is 0. The minimum Gasteiger partial charge on any atom is -0.481 e. The molecule has 0 spiro atoms. The van der Waals surface area contributed by atoms with E-state index in [1.165, 1.54) is 4.68 Å². The zero-order chi connectivity index (χ0) is 13.2. The van der Waals surface area contributed by atoms with Crippen LogP contribution in [0.2, 0.25) is 0 Å². The summed E-state index contributed by atoms with van der Waals surface area (Å²) in [5, 5.41) is 20.1. The van der Waals surface area contributed by atoms with Gasteiger partial charge in [-0.25, -0.2) is 13.1 Å². The van der Waals surface area contributed by atoms with Crippen LogP contribution in [0.4, 0.5) is 0 Å². The van der Waals surface area contributed by atoms with Crippen molar-refractivity contribution in [2.75, 3.05) is 17.3 Å². The minimum atomic E-state index is -2.93. The topological polar surface area (TPSA) is 115 Å². The highest BCUT2D eigenvalue weighted by Crippen LogP contribution is 2.26. The number of rotatable bonds is 4. The van der Waals surface area contributed by atoms with E-state index < -0.39 is 15.8 Å². The summed E-state index contributed by atoms with van der Waals surface area (Å²) in [5.74, 6) is -0.812. The average Bonchev–Trinajstić information content (AvgIpc) is 2.74. The predicted octanol–water partition coefficient (Wildman–Crippen LogP) is -0.401. The Balaban J connectivity index is 2.05. The van der Waals surface area contributed by atoms with E-state index >= 15 is 0 Å². The van der Waals surface area contributed by atoms with Crippen molar-refractivity contribution in [3.8, 4) is 0 Å². The van der Waals surface area contributed by atoms with Crippen molar-refractivity contribution in [2.24, 2.45) is 0 Å². The number of carboxylic acids is 1. The zero-order valence-electron chi connectivity index (χ0n) is 9.39. The van der Waals surface area contributed by atoms with Gasteiger partial charge in [0.25, 0.3) is 0 Å². The van der Waals surface area contributed by atoms with Crippen LogP contribution in [0.15, 0.2) is 5.16 Å². The number of aromatic nitrogens is 4. The fourth-order valence-electron chi connectivity index (χ4n) is 1.76. The number of carboxylic acid groups (broad SMARTS) is 1. The summed E-state index contributed by atoms with van der Waals surface area (Å²) >= 11 is 1.03. The maximum atomic E-state index is 11.3. The van der Waals surface area contributed by atoms with Crippen LogP contribution in [-0.2, 0) is 14.6 Å². The summed E-state index contributed by atoms with van der Waals surface area (Å²) in [6.07, 6.45) is 0.933. The van der Waals surface area contributed by atoms with Crippen LogP contribution >= 0.6 is 11.8 Å². The van der Waals surface area contributed by atoms with Crippen molar-refractivity contribution < 1.29 is 18.3 Å². The maximum absolute atomic E-state index is 11.3. The van der Waals surface area contributed by atoms with Gasteiger partial charge >= 0.3 is 5.97 Å². The molecule has 1 fully saturated rings. The first kappa shape index (κ1) is 13.3. The molecule has 0 unspecified atom stereocenters. The van der Waals surface area contributed by atoms with Gasteiger partial charge in [-0.3, -0.25) is 4.79 Å². The Kier molecular flexibility index (Phi) is 3.85. The molecule has 10 heteroatoms. The normalized spacial score (nSPS) is 19.8. The van der Waals surface area contributed by atoms with Crippen LogP contribution < -0.4 is 0 Å². The van der Waals surface area contributed by atoms with E-state index in [0.717, 1.165) is 11.8 Å². The van der Waals surface area contributed by atoms with E-state index in [1.807, 2.05) is 0 Å². The molecule has 0 aromatic carbocycles. The molecule has 0 radical (unpaired) electrons. The molecule has 0 bridgehead atoms. The Labute approximate surface area is 108 Å².